The zero-order valence-electron chi connectivity index (χ0n) is 13.7. The third kappa shape index (κ3) is 4.02. The maximum Gasteiger partial charge on any atom is 0.257 e. The van der Waals surface area contributed by atoms with Gasteiger partial charge in [-0.05, 0) is 44.5 Å². The molecule has 122 valence electrons. The molecule has 2 atom stereocenters. The Morgan fingerprint density at radius 2 is 1.91 bits per heavy atom. The van der Waals surface area contributed by atoms with Gasteiger partial charge in [0, 0.05) is 18.7 Å². The van der Waals surface area contributed by atoms with E-state index in [0.29, 0.717) is 17.5 Å². The van der Waals surface area contributed by atoms with Crippen molar-refractivity contribution in [3.8, 4) is 11.6 Å². The lowest BCUT2D eigenvalue weighted by Gasteiger charge is -2.25. The van der Waals surface area contributed by atoms with Crippen LogP contribution in [0, 0.1) is 5.92 Å². The Morgan fingerprint density at radius 1 is 1.09 bits per heavy atom. The molecule has 1 aliphatic heterocycles. The van der Waals surface area contributed by atoms with E-state index >= 15 is 0 Å². The van der Waals surface area contributed by atoms with Crippen LogP contribution < -0.4 is 14.8 Å². The molecule has 0 aliphatic carbocycles. The molecular weight excluding hydrogens is 288 g/mol. The van der Waals surface area contributed by atoms with Gasteiger partial charge in [-0.3, -0.25) is 0 Å². The second-order valence-electron chi connectivity index (χ2n) is 6.18. The predicted octanol–water partition coefficient (Wildman–Crippen LogP) is 3.60. The molecule has 1 aromatic heterocycles. The van der Waals surface area contributed by atoms with E-state index in [1.807, 2.05) is 32.0 Å². The molecule has 4 heteroatoms. The van der Waals surface area contributed by atoms with E-state index in [4.69, 9.17) is 9.47 Å². The van der Waals surface area contributed by atoms with Crippen LogP contribution in [0.25, 0.3) is 0 Å². The Kier molecular flexibility index (Phi) is 5.13. The zero-order chi connectivity index (χ0) is 16.1. The Balaban J connectivity index is 1.87. The zero-order valence-corrected chi connectivity index (χ0v) is 13.7. The summed E-state index contributed by atoms with van der Waals surface area (Å²) in [4.78, 5) is 4.33. The summed E-state index contributed by atoms with van der Waals surface area (Å²) >= 11 is 0. The van der Waals surface area contributed by atoms with Crippen molar-refractivity contribution in [1.82, 2.24) is 10.3 Å². The lowest BCUT2D eigenvalue weighted by Crippen LogP contribution is -2.22. The molecule has 0 saturated carbocycles. The van der Waals surface area contributed by atoms with Crippen LogP contribution in [-0.2, 0) is 0 Å². The fourth-order valence-electron chi connectivity index (χ4n) is 2.93. The van der Waals surface area contributed by atoms with Crippen LogP contribution in [-0.4, -0.2) is 24.2 Å². The summed E-state index contributed by atoms with van der Waals surface area (Å²) in [5.74, 6) is 1.72. The molecule has 0 unspecified atom stereocenters. The van der Waals surface area contributed by atoms with Gasteiger partial charge in [0.1, 0.15) is 6.10 Å². The van der Waals surface area contributed by atoms with Gasteiger partial charge in [0.2, 0.25) is 0 Å². The van der Waals surface area contributed by atoms with Gasteiger partial charge in [-0.15, -0.1) is 0 Å². The highest BCUT2D eigenvalue weighted by Gasteiger charge is 2.29. The van der Waals surface area contributed by atoms with Crippen LogP contribution in [0.3, 0.4) is 0 Å². The summed E-state index contributed by atoms with van der Waals surface area (Å²) in [6.07, 6.45) is 2.92. The van der Waals surface area contributed by atoms with E-state index in [-0.39, 0.29) is 12.2 Å². The van der Waals surface area contributed by atoms with Gasteiger partial charge in [-0.25, -0.2) is 4.98 Å². The first-order valence-electron chi connectivity index (χ1n) is 8.28. The molecule has 1 aromatic carbocycles. The van der Waals surface area contributed by atoms with Gasteiger partial charge in [0.25, 0.3) is 5.88 Å². The van der Waals surface area contributed by atoms with Crippen molar-refractivity contribution in [1.29, 1.82) is 0 Å². The van der Waals surface area contributed by atoms with Crippen molar-refractivity contribution < 1.29 is 9.47 Å². The average molecular weight is 312 g/mol. The van der Waals surface area contributed by atoms with Gasteiger partial charge in [0.15, 0.2) is 5.75 Å². The normalized spacial score (nSPS) is 18.8. The summed E-state index contributed by atoms with van der Waals surface area (Å²) in [6.45, 7) is 6.00. The number of benzene rings is 1. The summed E-state index contributed by atoms with van der Waals surface area (Å²) in [7, 11) is 0. The van der Waals surface area contributed by atoms with Crippen LogP contribution in [0.5, 0.6) is 11.6 Å². The average Bonchev–Trinajstić information content (AvgIpc) is 3.08. The molecule has 0 radical (unpaired) electrons. The minimum Gasteiger partial charge on any atom is -0.480 e. The molecule has 1 N–H and O–H groups in total. The minimum atomic E-state index is 0.00455. The number of ether oxygens (including phenoxy) is 2. The third-order valence-electron chi connectivity index (χ3n) is 3.99. The highest BCUT2D eigenvalue weighted by molar-refractivity contribution is 5.34. The Hall–Kier alpha value is -2.07. The van der Waals surface area contributed by atoms with E-state index < -0.39 is 0 Å². The molecule has 1 fully saturated rings. The quantitative estimate of drug-likeness (QED) is 0.885. The first-order valence-corrected chi connectivity index (χ1v) is 8.28. The molecule has 0 bridgehead atoms. The first-order chi connectivity index (χ1) is 11.2. The number of hydrogen-bond donors (Lipinski definition) is 1. The number of pyridine rings is 1. The Bertz CT molecular complexity index is 610. The van der Waals surface area contributed by atoms with Gasteiger partial charge in [-0.2, -0.15) is 0 Å². The molecule has 1 aliphatic rings. The van der Waals surface area contributed by atoms with E-state index in [2.05, 4.69) is 34.6 Å². The number of aromatic nitrogens is 1. The van der Waals surface area contributed by atoms with Crippen LogP contribution in [0.2, 0.25) is 0 Å². The number of nitrogens with zero attached hydrogens (tertiary/aromatic N) is 1. The van der Waals surface area contributed by atoms with E-state index in [9.17, 15) is 0 Å². The number of nitrogens with one attached hydrogen (secondary N) is 1. The van der Waals surface area contributed by atoms with Crippen LogP contribution >= 0.6 is 0 Å². The first kappa shape index (κ1) is 15.8. The van der Waals surface area contributed by atoms with Crippen LogP contribution in [0.1, 0.15) is 31.9 Å². The fraction of sp³-hybridized carbons (Fsp3) is 0.421. The van der Waals surface area contributed by atoms with E-state index in [1.54, 1.807) is 6.20 Å². The van der Waals surface area contributed by atoms with Gasteiger partial charge >= 0.3 is 0 Å². The largest absolute Gasteiger partial charge is 0.480 e. The lowest BCUT2D eigenvalue weighted by molar-refractivity contribution is 0.130. The molecular formula is C19H24N2O2. The molecule has 3 rings (SSSR count). The van der Waals surface area contributed by atoms with Gasteiger partial charge in [-0.1, -0.05) is 30.3 Å². The summed E-state index contributed by atoms with van der Waals surface area (Å²) < 4.78 is 12.2. The second kappa shape index (κ2) is 7.47. The van der Waals surface area contributed by atoms with Gasteiger partial charge in [0.05, 0.1) is 6.10 Å². The Morgan fingerprint density at radius 3 is 2.61 bits per heavy atom. The fourth-order valence-corrected chi connectivity index (χ4v) is 2.93. The molecule has 1 saturated heterocycles. The summed E-state index contributed by atoms with van der Waals surface area (Å²) in [5.41, 5.74) is 1.19. The highest BCUT2D eigenvalue weighted by atomic mass is 16.5. The van der Waals surface area contributed by atoms with Crippen LogP contribution in [0.15, 0.2) is 48.7 Å². The van der Waals surface area contributed by atoms with Crippen molar-refractivity contribution in [3.63, 3.8) is 0 Å². The van der Waals surface area contributed by atoms with Crippen molar-refractivity contribution in [2.75, 3.05) is 13.1 Å². The number of rotatable bonds is 6. The monoisotopic (exact) mass is 312 g/mol. The molecule has 0 spiro atoms. The standard InChI is InChI=1S/C19H24N2O2/c1-14(2)22-19-17(9-6-11-21-19)23-18(16-10-12-20-13-16)15-7-4-3-5-8-15/h3-9,11,14,16,18,20H,10,12-13H2,1-2H3/t16-,18-/m1/s1. The van der Waals surface area contributed by atoms with Gasteiger partial charge < -0.3 is 14.8 Å². The molecule has 0 amide bonds. The lowest BCUT2D eigenvalue weighted by atomic mass is 9.95. The molecule has 2 heterocycles. The molecule has 2 aromatic rings. The van der Waals surface area contributed by atoms with Crippen molar-refractivity contribution in [2.24, 2.45) is 5.92 Å². The van der Waals surface area contributed by atoms with Crippen molar-refractivity contribution in [3.05, 3.63) is 54.2 Å². The topological polar surface area (TPSA) is 43.4 Å². The van der Waals surface area contributed by atoms with E-state index in [1.165, 1.54) is 5.56 Å². The predicted molar refractivity (Wildman–Crippen MR) is 90.8 cm³/mol. The third-order valence-corrected chi connectivity index (χ3v) is 3.99. The highest BCUT2D eigenvalue weighted by Crippen LogP contribution is 2.35. The van der Waals surface area contributed by atoms with Crippen molar-refractivity contribution in [2.45, 2.75) is 32.5 Å². The molecule has 23 heavy (non-hydrogen) atoms. The van der Waals surface area contributed by atoms with E-state index in [0.717, 1.165) is 19.5 Å². The minimum absolute atomic E-state index is 0.00455. The maximum atomic E-state index is 6.39. The smallest absolute Gasteiger partial charge is 0.257 e. The number of hydrogen-bond acceptors (Lipinski definition) is 4. The SMILES string of the molecule is CC(C)Oc1ncccc1O[C@H](c1ccccc1)[C@@H]1CCNC1. The van der Waals surface area contributed by atoms with Crippen molar-refractivity contribution >= 4 is 0 Å². The second-order valence-corrected chi connectivity index (χ2v) is 6.18. The maximum absolute atomic E-state index is 6.39. The van der Waals surface area contributed by atoms with Crippen LogP contribution in [0.4, 0.5) is 0 Å². The summed E-state index contributed by atoms with van der Waals surface area (Å²) in [6, 6.07) is 14.2. The summed E-state index contributed by atoms with van der Waals surface area (Å²) in [5, 5.41) is 3.43. The molecule has 4 nitrogen and oxygen atoms in total. The Labute approximate surface area is 137 Å².